The van der Waals surface area contributed by atoms with Gasteiger partial charge in [0, 0.05) is 10.6 Å². The molecule has 2 aromatic rings. The van der Waals surface area contributed by atoms with E-state index in [1.165, 1.54) is 5.56 Å². The van der Waals surface area contributed by atoms with Crippen molar-refractivity contribution in [3.8, 4) is 5.75 Å². The van der Waals surface area contributed by atoms with Gasteiger partial charge in [0.15, 0.2) is 0 Å². The Morgan fingerprint density at radius 2 is 2.10 bits per heavy atom. The van der Waals surface area contributed by atoms with Gasteiger partial charge in [-0.2, -0.15) is 0 Å². The van der Waals surface area contributed by atoms with E-state index < -0.39 is 0 Å². The zero-order valence-corrected chi connectivity index (χ0v) is 12.9. The van der Waals surface area contributed by atoms with Gasteiger partial charge in [-0.25, -0.2) is 0 Å². The second kappa shape index (κ2) is 6.08. The first-order valence-corrected chi connectivity index (χ1v) is 7.70. The molecule has 2 aromatic carbocycles. The van der Waals surface area contributed by atoms with Gasteiger partial charge in [-0.3, -0.25) is 0 Å². The number of hydrogen-bond acceptors (Lipinski definition) is 2. The van der Waals surface area contributed by atoms with Gasteiger partial charge in [0.1, 0.15) is 12.4 Å². The molecule has 0 spiro atoms. The number of fused-ring (bicyclic) bond motifs is 1. The van der Waals surface area contributed by atoms with Gasteiger partial charge < -0.3 is 9.84 Å². The lowest BCUT2D eigenvalue weighted by Gasteiger charge is -2.22. The predicted octanol–water partition coefficient (Wildman–Crippen LogP) is 4.60. The van der Waals surface area contributed by atoms with Crippen LogP contribution in [0.2, 0.25) is 5.02 Å². The molecule has 0 bridgehead atoms. The molecule has 3 rings (SSSR count). The standard InChI is InChI=1S/C18H19ClO2/c1-12-5-6-14(17(19)9-12)11-21-15-8-7-13-3-2-4-18(20)16(13)10-15/h5-10,18,20H,2-4,11H2,1H3/t18-/m0/s1. The van der Waals surface area contributed by atoms with Crippen molar-refractivity contribution in [1.29, 1.82) is 0 Å². The maximum atomic E-state index is 10.1. The summed E-state index contributed by atoms with van der Waals surface area (Å²) in [5.41, 5.74) is 4.35. The fourth-order valence-electron chi connectivity index (χ4n) is 2.77. The van der Waals surface area contributed by atoms with E-state index in [0.717, 1.165) is 46.7 Å². The number of hydrogen-bond donors (Lipinski definition) is 1. The smallest absolute Gasteiger partial charge is 0.120 e. The Hall–Kier alpha value is -1.51. The minimum Gasteiger partial charge on any atom is -0.489 e. The molecule has 3 heteroatoms. The van der Waals surface area contributed by atoms with E-state index in [1.54, 1.807) is 0 Å². The molecular weight excluding hydrogens is 284 g/mol. The van der Waals surface area contributed by atoms with E-state index in [-0.39, 0.29) is 6.10 Å². The molecule has 1 aliphatic carbocycles. The first-order valence-electron chi connectivity index (χ1n) is 7.32. The zero-order chi connectivity index (χ0) is 14.8. The van der Waals surface area contributed by atoms with Crippen LogP contribution in [0.4, 0.5) is 0 Å². The molecule has 0 amide bonds. The molecule has 1 atom stereocenters. The van der Waals surface area contributed by atoms with E-state index in [2.05, 4.69) is 6.07 Å². The molecule has 1 N–H and O–H groups in total. The zero-order valence-electron chi connectivity index (χ0n) is 12.1. The molecule has 0 heterocycles. The summed E-state index contributed by atoms with van der Waals surface area (Å²) in [7, 11) is 0. The van der Waals surface area contributed by atoms with Gasteiger partial charge in [0.2, 0.25) is 0 Å². The van der Waals surface area contributed by atoms with Crippen LogP contribution >= 0.6 is 11.6 Å². The Morgan fingerprint density at radius 1 is 1.24 bits per heavy atom. The van der Waals surface area contributed by atoms with Crippen LogP contribution in [0.3, 0.4) is 0 Å². The third-order valence-corrected chi connectivity index (χ3v) is 4.35. The molecule has 0 saturated heterocycles. The predicted molar refractivity (Wildman–Crippen MR) is 84.9 cm³/mol. The number of benzene rings is 2. The second-order valence-corrected chi connectivity index (χ2v) is 6.06. The quantitative estimate of drug-likeness (QED) is 0.898. The lowest BCUT2D eigenvalue weighted by molar-refractivity contribution is 0.156. The van der Waals surface area contributed by atoms with Gasteiger partial charge >= 0.3 is 0 Å². The highest BCUT2D eigenvalue weighted by molar-refractivity contribution is 6.31. The summed E-state index contributed by atoms with van der Waals surface area (Å²) in [5.74, 6) is 0.784. The van der Waals surface area contributed by atoms with Crippen LogP contribution in [0.1, 0.15) is 41.2 Å². The van der Waals surface area contributed by atoms with E-state index in [1.807, 2.05) is 37.3 Å². The number of ether oxygens (including phenoxy) is 1. The van der Waals surface area contributed by atoms with Gasteiger partial charge in [-0.1, -0.05) is 29.8 Å². The number of aliphatic hydroxyl groups is 1. The molecular formula is C18H19ClO2. The summed E-state index contributed by atoms with van der Waals surface area (Å²) < 4.78 is 5.83. The molecule has 0 saturated carbocycles. The van der Waals surface area contributed by atoms with Crippen molar-refractivity contribution in [1.82, 2.24) is 0 Å². The maximum absolute atomic E-state index is 10.1. The second-order valence-electron chi connectivity index (χ2n) is 5.65. The molecule has 110 valence electrons. The third-order valence-electron chi connectivity index (χ3n) is 4.00. The molecule has 0 aliphatic heterocycles. The van der Waals surface area contributed by atoms with Crippen LogP contribution in [0.25, 0.3) is 0 Å². The maximum Gasteiger partial charge on any atom is 0.120 e. The monoisotopic (exact) mass is 302 g/mol. The summed E-state index contributed by atoms with van der Waals surface area (Å²) in [6.07, 6.45) is 2.56. The minimum absolute atomic E-state index is 0.361. The minimum atomic E-state index is -0.361. The number of rotatable bonds is 3. The molecule has 21 heavy (non-hydrogen) atoms. The normalized spacial score (nSPS) is 17.4. The Balaban J connectivity index is 1.75. The first-order chi connectivity index (χ1) is 10.1. The Kier molecular flexibility index (Phi) is 4.18. The van der Waals surface area contributed by atoms with Gasteiger partial charge in [-0.15, -0.1) is 0 Å². The summed E-state index contributed by atoms with van der Waals surface area (Å²) in [5, 5.41) is 10.8. The molecule has 2 nitrogen and oxygen atoms in total. The number of halogens is 1. The Labute approximate surface area is 130 Å². The summed E-state index contributed by atoms with van der Waals surface area (Å²) in [6, 6.07) is 12.0. The lowest BCUT2D eigenvalue weighted by Crippen LogP contribution is -2.09. The number of aliphatic hydroxyl groups excluding tert-OH is 1. The largest absolute Gasteiger partial charge is 0.489 e. The fraction of sp³-hybridized carbons (Fsp3) is 0.333. The average Bonchev–Trinajstić information content (AvgIpc) is 2.47. The summed E-state index contributed by atoms with van der Waals surface area (Å²) >= 11 is 6.21. The van der Waals surface area contributed by atoms with Crippen molar-refractivity contribution in [2.24, 2.45) is 0 Å². The lowest BCUT2D eigenvalue weighted by atomic mass is 9.89. The summed E-state index contributed by atoms with van der Waals surface area (Å²) in [6.45, 7) is 2.45. The average molecular weight is 303 g/mol. The topological polar surface area (TPSA) is 29.5 Å². The van der Waals surface area contributed by atoms with Crippen LogP contribution in [0.5, 0.6) is 5.75 Å². The highest BCUT2D eigenvalue weighted by atomic mass is 35.5. The fourth-order valence-corrected chi connectivity index (χ4v) is 3.06. The molecule has 1 aliphatic rings. The van der Waals surface area contributed by atoms with E-state index in [0.29, 0.717) is 6.61 Å². The van der Waals surface area contributed by atoms with Crippen LogP contribution in [0, 0.1) is 6.92 Å². The van der Waals surface area contributed by atoms with Crippen molar-refractivity contribution in [2.45, 2.75) is 38.9 Å². The van der Waals surface area contributed by atoms with Crippen LogP contribution in [-0.4, -0.2) is 5.11 Å². The van der Waals surface area contributed by atoms with Crippen molar-refractivity contribution in [2.75, 3.05) is 0 Å². The van der Waals surface area contributed by atoms with Crippen molar-refractivity contribution in [3.05, 3.63) is 63.7 Å². The highest BCUT2D eigenvalue weighted by Crippen LogP contribution is 2.32. The SMILES string of the molecule is Cc1ccc(COc2ccc3c(c2)[C@@H](O)CCC3)c(Cl)c1. The van der Waals surface area contributed by atoms with Crippen molar-refractivity contribution < 1.29 is 9.84 Å². The van der Waals surface area contributed by atoms with Crippen LogP contribution in [0.15, 0.2) is 36.4 Å². The van der Waals surface area contributed by atoms with Crippen LogP contribution in [-0.2, 0) is 13.0 Å². The molecule has 0 unspecified atom stereocenters. The van der Waals surface area contributed by atoms with E-state index in [4.69, 9.17) is 16.3 Å². The Morgan fingerprint density at radius 3 is 2.90 bits per heavy atom. The molecule has 0 radical (unpaired) electrons. The van der Waals surface area contributed by atoms with E-state index >= 15 is 0 Å². The van der Waals surface area contributed by atoms with E-state index in [9.17, 15) is 5.11 Å². The van der Waals surface area contributed by atoms with Gasteiger partial charge in [0.05, 0.1) is 6.10 Å². The van der Waals surface area contributed by atoms with Crippen LogP contribution < -0.4 is 4.74 Å². The van der Waals surface area contributed by atoms with Crippen molar-refractivity contribution in [3.63, 3.8) is 0 Å². The Bertz CT molecular complexity index is 652. The van der Waals surface area contributed by atoms with Gasteiger partial charge in [-0.05, 0) is 61.1 Å². The molecule has 0 fully saturated rings. The highest BCUT2D eigenvalue weighted by Gasteiger charge is 2.18. The van der Waals surface area contributed by atoms with Gasteiger partial charge in [0.25, 0.3) is 0 Å². The third kappa shape index (κ3) is 3.22. The first kappa shape index (κ1) is 14.4. The van der Waals surface area contributed by atoms with Crippen molar-refractivity contribution >= 4 is 11.6 Å². The summed E-state index contributed by atoms with van der Waals surface area (Å²) in [4.78, 5) is 0. The number of aryl methyl sites for hydroxylation is 2. The molecule has 0 aromatic heterocycles.